The molecular weight excluding hydrogens is 510 g/mol. The van der Waals surface area contributed by atoms with Gasteiger partial charge >= 0.3 is 6.09 Å². The molecule has 4 aromatic rings. The molecule has 2 heterocycles. The molecule has 0 unspecified atom stereocenters. The Kier molecular flexibility index (Phi) is 7.20. The van der Waals surface area contributed by atoms with Gasteiger partial charge in [-0.25, -0.2) is 22.0 Å². The van der Waals surface area contributed by atoms with Crippen LogP contribution in [0.15, 0.2) is 42.5 Å². The van der Waals surface area contributed by atoms with Crippen molar-refractivity contribution in [3.8, 4) is 22.8 Å². The lowest BCUT2D eigenvalue weighted by Gasteiger charge is -2.15. The Morgan fingerprint density at radius 1 is 1.05 bits per heavy atom. The molecule has 2 N–H and O–H groups in total. The van der Waals surface area contributed by atoms with E-state index in [0.29, 0.717) is 11.9 Å². The van der Waals surface area contributed by atoms with E-state index in [-0.39, 0.29) is 52.1 Å². The molecule has 37 heavy (non-hydrogen) atoms. The molecule has 194 valence electrons. The van der Waals surface area contributed by atoms with Crippen LogP contribution in [0.4, 0.5) is 25.0 Å². The van der Waals surface area contributed by atoms with Gasteiger partial charge in [-0.1, -0.05) is 0 Å². The van der Waals surface area contributed by atoms with Crippen molar-refractivity contribution in [1.82, 2.24) is 19.8 Å². The Morgan fingerprint density at radius 2 is 1.81 bits per heavy atom. The fraction of sp³-hybridized carbons (Fsp3) is 0.217. The molecule has 0 saturated carbocycles. The molecule has 14 heteroatoms. The van der Waals surface area contributed by atoms with Gasteiger partial charge in [-0.2, -0.15) is 9.61 Å². The maximum absolute atomic E-state index is 14.4. The van der Waals surface area contributed by atoms with Crippen LogP contribution in [0.2, 0.25) is 0 Å². The number of nitrogens with one attached hydrogen (secondary N) is 2. The SMILES string of the molecule is CCOC(=O)Nc1cc(-c2cc(NS(=O)(=O)CC)ccc2Oc2ccc(F)cc2F)nn2c(C)nnc12. The Hall–Kier alpha value is -4.33. The van der Waals surface area contributed by atoms with Gasteiger partial charge in [-0.3, -0.25) is 10.0 Å². The minimum Gasteiger partial charge on any atom is -0.454 e. The molecule has 0 radical (unpaired) electrons. The van der Waals surface area contributed by atoms with Crippen LogP contribution < -0.4 is 14.8 Å². The summed E-state index contributed by atoms with van der Waals surface area (Å²) < 4.78 is 66.6. The number of sulfonamides is 1. The molecule has 2 aromatic heterocycles. The van der Waals surface area contributed by atoms with Crippen LogP contribution in [0.3, 0.4) is 0 Å². The van der Waals surface area contributed by atoms with Crippen LogP contribution >= 0.6 is 0 Å². The summed E-state index contributed by atoms with van der Waals surface area (Å²) in [6.45, 7) is 4.90. The van der Waals surface area contributed by atoms with E-state index in [1.165, 1.54) is 35.7 Å². The average Bonchev–Trinajstić information content (AvgIpc) is 3.22. The first-order valence-electron chi connectivity index (χ1n) is 11.0. The second-order valence-corrected chi connectivity index (χ2v) is 9.68. The lowest BCUT2D eigenvalue weighted by atomic mass is 10.1. The van der Waals surface area contributed by atoms with Gasteiger partial charge in [0.2, 0.25) is 15.7 Å². The van der Waals surface area contributed by atoms with Crippen LogP contribution in [0.5, 0.6) is 11.5 Å². The molecule has 0 atom stereocenters. The van der Waals surface area contributed by atoms with E-state index in [1.807, 2.05) is 0 Å². The highest BCUT2D eigenvalue weighted by Gasteiger charge is 2.19. The van der Waals surface area contributed by atoms with Gasteiger partial charge in [0.05, 0.1) is 23.7 Å². The summed E-state index contributed by atoms with van der Waals surface area (Å²) >= 11 is 0. The van der Waals surface area contributed by atoms with Crippen molar-refractivity contribution < 1.29 is 31.5 Å². The number of amides is 1. The van der Waals surface area contributed by atoms with Gasteiger partial charge in [0, 0.05) is 17.3 Å². The van der Waals surface area contributed by atoms with E-state index in [1.54, 1.807) is 13.8 Å². The summed E-state index contributed by atoms with van der Waals surface area (Å²) in [6, 6.07) is 8.56. The number of carbonyl (C=O) groups is 1. The third kappa shape index (κ3) is 5.74. The number of halogens is 2. The molecule has 4 rings (SSSR count). The van der Waals surface area contributed by atoms with Gasteiger partial charge in [-0.05, 0) is 57.2 Å². The summed E-state index contributed by atoms with van der Waals surface area (Å²) in [5.41, 5.74) is 1.02. The number of carbonyl (C=O) groups excluding carboxylic acids is 1. The minimum atomic E-state index is -3.63. The van der Waals surface area contributed by atoms with Crippen molar-refractivity contribution in [3.63, 3.8) is 0 Å². The highest BCUT2D eigenvalue weighted by molar-refractivity contribution is 7.92. The summed E-state index contributed by atoms with van der Waals surface area (Å²) in [5.74, 6) is -1.69. The molecule has 0 fully saturated rings. The standard InChI is InChI=1S/C23H22F2N6O5S/c1-4-35-23(32)26-19-12-18(29-31-13(3)27-28-22(19)31)16-11-15(30-37(33,34)5-2)7-9-20(16)36-21-8-6-14(24)10-17(21)25/h6-12,30H,4-5H2,1-3H3,(H,26,32). The van der Waals surface area contributed by atoms with Gasteiger partial charge < -0.3 is 9.47 Å². The summed E-state index contributed by atoms with van der Waals surface area (Å²) in [5, 5.41) is 15.1. The number of hydrogen-bond donors (Lipinski definition) is 2. The van der Waals surface area contributed by atoms with Crippen LogP contribution in [-0.4, -0.2) is 46.7 Å². The quantitative estimate of drug-likeness (QED) is 0.338. The molecule has 11 nitrogen and oxygen atoms in total. The highest BCUT2D eigenvalue weighted by Crippen LogP contribution is 2.37. The number of anilines is 2. The molecule has 0 aliphatic carbocycles. The predicted molar refractivity (Wildman–Crippen MR) is 131 cm³/mol. The second kappa shape index (κ2) is 10.3. The molecular formula is C23H22F2N6O5S. The first kappa shape index (κ1) is 25.8. The van der Waals surface area contributed by atoms with Crippen LogP contribution in [0.1, 0.15) is 19.7 Å². The smallest absolute Gasteiger partial charge is 0.411 e. The van der Waals surface area contributed by atoms with E-state index in [4.69, 9.17) is 9.47 Å². The zero-order valence-electron chi connectivity index (χ0n) is 19.9. The van der Waals surface area contributed by atoms with Crippen LogP contribution in [0.25, 0.3) is 16.9 Å². The fourth-order valence-corrected chi connectivity index (χ4v) is 3.93. The number of rotatable bonds is 8. The third-order valence-corrected chi connectivity index (χ3v) is 6.37. The zero-order valence-corrected chi connectivity index (χ0v) is 20.8. The summed E-state index contributed by atoms with van der Waals surface area (Å²) in [7, 11) is -3.63. The van der Waals surface area contributed by atoms with E-state index >= 15 is 0 Å². The lowest BCUT2D eigenvalue weighted by Crippen LogP contribution is -2.15. The second-order valence-electron chi connectivity index (χ2n) is 7.66. The van der Waals surface area contributed by atoms with Crippen LogP contribution in [0, 0.1) is 18.6 Å². The summed E-state index contributed by atoms with van der Waals surface area (Å²) in [6.07, 6.45) is -0.739. The van der Waals surface area contributed by atoms with E-state index in [2.05, 4.69) is 25.3 Å². The molecule has 0 spiro atoms. The molecule has 0 saturated heterocycles. The van der Waals surface area contributed by atoms with Gasteiger partial charge in [0.1, 0.15) is 11.6 Å². The Bertz CT molecular complexity index is 1590. The number of hydrogen-bond acceptors (Lipinski definition) is 8. The monoisotopic (exact) mass is 532 g/mol. The van der Waals surface area contributed by atoms with Crippen LogP contribution in [-0.2, 0) is 14.8 Å². The number of nitrogens with zero attached hydrogens (tertiary/aromatic N) is 4. The number of ether oxygens (including phenoxy) is 2. The van der Waals surface area contributed by atoms with E-state index < -0.39 is 27.8 Å². The normalized spacial score (nSPS) is 11.4. The Labute approximate surface area is 210 Å². The molecule has 0 bridgehead atoms. The van der Waals surface area contributed by atoms with Crippen molar-refractivity contribution in [3.05, 3.63) is 59.9 Å². The van der Waals surface area contributed by atoms with Crippen molar-refractivity contribution in [2.75, 3.05) is 22.4 Å². The topological polar surface area (TPSA) is 137 Å². The third-order valence-electron chi connectivity index (χ3n) is 5.06. The van der Waals surface area contributed by atoms with Gasteiger partial charge in [-0.15, -0.1) is 10.2 Å². The molecule has 1 amide bonds. The lowest BCUT2D eigenvalue weighted by molar-refractivity contribution is 0.168. The first-order valence-corrected chi connectivity index (χ1v) is 12.7. The number of fused-ring (bicyclic) bond motifs is 1. The van der Waals surface area contributed by atoms with Crippen molar-refractivity contribution in [1.29, 1.82) is 0 Å². The first-order chi connectivity index (χ1) is 17.6. The van der Waals surface area contributed by atoms with Crippen molar-refractivity contribution in [2.45, 2.75) is 20.8 Å². The molecule has 0 aliphatic heterocycles. The summed E-state index contributed by atoms with van der Waals surface area (Å²) in [4.78, 5) is 12.1. The highest BCUT2D eigenvalue weighted by atomic mass is 32.2. The van der Waals surface area contributed by atoms with Crippen molar-refractivity contribution in [2.24, 2.45) is 0 Å². The number of benzene rings is 2. The molecule has 2 aromatic carbocycles. The van der Waals surface area contributed by atoms with Gasteiger partial charge in [0.25, 0.3) is 0 Å². The maximum atomic E-state index is 14.4. The molecule has 0 aliphatic rings. The average molecular weight is 533 g/mol. The number of aromatic nitrogens is 4. The number of aryl methyl sites for hydroxylation is 1. The van der Waals surface area contributed by atoms with E-state index in [0.717, 1.165) is 12.1 Å². The fourth-order valence-electron chi connectivity index (χ4n) is 3.29. The maximum Gasteiger partial charge on any atom is 0.411 e. The predicted octanol–water partition coefficient (Wildman–Crippen LogP) is 4.50. The Morgan fingerprint density at radius 3 is 2.51 bits per heavy atom. The van der Waals surface area contributed by atoms with Gasteiger partial charge in [0.15, 0.2) is 17.4 Å². The largest absolute Gasteiger partial charge is 0.454 e. The van der Waals surface area contributed by atoms with Crippen molar-refractivity contribution >= 4 is 33.1 Å². The van der Waals surface area contributed by atoms with E-state index in [9.17, 15) is 22.0 Å². The Balaban J connectivity index is 1.89. The zero-order chi connectivity index (χ0) is 26.7. The minimum absolute atomic E-state index is 0.0737.